The summed E-state index contributed by atoms with van der Waals surface area (Å²) >= 11 is 0. The van der Waals surface area contributed by atoms with Crippen molar-refractivity contribution in [1.29, 1.82) is 0 Å². The van der Waals surface area contributed by atoms with E-state index in [2.05, 4.69) is 15.3 Å². The Kier molecular flexibility index (Phi) is 2.14. The zero-order valence-corrected chi connectivity index (χ0v) is 8.12. The molecular weight excluding hydrogens is 178 g/mol. The molecule has 0 aromatic carbocycles. The molecule has 0 amide bonds. The van der Waals surface area contributed by atoms with Gasteiger partial charge in [0.2, 0.25) is 0 Å². The van der Waals surface area contributed by atoms with E-state index >= 15 is 0 Å². The molecule has 0 saturated carbocycles. The maximum Gasteiger partial charge on any atom is 0.171 e. The van der Waals surface area contributed by atoms with Gasteiger partial charge in [0.15, 0.2) is 5.82 Å². The van der Waals surface area contributed by atoms with Gasteiger partial charge in [0, 0.05) is 20.3 Å². The zero-order chi connectivity index (χ0) is 9.97. The lowest BCUT2D eigenvalue weighted by Crippen LogP contribution is -2.08. The zero-order valence-electron chi connectivity index (χ0n) is 8.12. The number of aromatic nitrogens is 4. The average molecular weight is 189 g/mol. The van der Waals surface area contributed by atoms with Crippen molar-refractivity contribution in [3.05, 3.63) is 30.7 Å². The van der Waals surface area contributed by atoms with Crippen molar-refractivity contribution in [3.8, 4) is 5.69 Å². The summed E-state index contributed by atoms with van der Waals surface area (Å²) < 4.78 is 1.70. The minimum atomic E-state index is 0.828. The third-order valence-electron chi connectivity index (χ3n) is 1.85. The molecule has 2 rings (SSSR count). The third kappa shape index (κ3) is 1.56. The van der Waals surface area contributed by atoms with E-state index in [1.54, 1.807) is 17.1 Å². The third-order valence-corrected chi connectivity index (χ3v) is 1.85. The Bertz CT molecular complexity index is 406. The van der Waals surface area contributed by atoms with Gasteiger partial charge in [0.1, 0.15) is 0 Å². The van der Waals surface area contributed by atoms with Crippen LogP contribution in [0.15, 0.2) is 30.7 Å². The monoisotopic (exact) mass is 189 g/mol. The predicted molar refractivity (Wildman–Crippen MR) is 53.5 cm³/mol. The Morgan fingerprint density at radius 3 is 2.79 bits per heavy atom. The van der Waals surface area contributed by atoms with Crippen LogP contribution >= 0.6 is 0 Å². The minimum absolute atomic E-state index is 0.828. The summed E-state index contributed by atoms with van der Waals surface area (Å²) in [6.45, 7) is 0. The lowest BCUT2D eigenvalue weighted by atomic mass is 10.4. The smallest absolute Gasteiger partial charge is 0.171 e. The van der Waals surface area contributed by atoms with Gasteiger partial charge in [-0.15, -0.1) is 5.10 Å². The van der Waals surface area contributed by atoms with E-state index in [1.165, 1.54) is 0 Å². The van der Waals surface area contributed by atoms with Gasteiger partial charge in [-0.05, 0) is 12.1 Å². The molecule has 0 saturated heterocycles. The molecule has 0 bridgehead atoms. The molecule has 0 aliphatic rings. The van der Waals surface area contributed by atoms with Crippen LogP contribution in [0.4, 0.5) is 5.82 Å². The van der Waals surface area contributed by atoms with Crippen molar-refractivity contribution >= 4 is 5.82 Å². The van der Waals surface area contributed by atoms with Gasteiger partial charge in [-0.3, -0.25) is 4.98 Å². The van der Waals surface area contributed by atoms with E-state index in [0.29, 0.717) is 0 Å². The van der Waals surface area contributed by atoms with Crippen molar-refractivity contribution in [1.82, 2.24) is 20.0 Å². The molecular formula is C9H11N5. The first-order valence-corrected chi connectivity index (χ1v) is 4.27. The summed E-state index contributed by atoms with van der Waals surface area (Å²) in [4.78, 5) is 5.92. The first kappa shape index (κ1) is 8.68. The van der Waals surface area contributed by atoms with E-state index < -0.39 is 0 Å². The van der Waals surface area contributed by atoms with Crippen LogP contribution < -0.4 is 4.90 Å². The van der Waals surface area contributed by atoms with Crippen molar-refractivity contribution in [2.45, 2.75) is 0 Å². The van der Waals surface area contributed by atoms with Gasteiger partial charge < -0.3 is 4.90 Å². The molecule has 0 atom stereocenters. The summed E-state index contributed by atoms with van der Waals surface area (Å²) in [5, 5.41) is 8.00. The minimum Gasteiger partial charge on any atom is -0.360 e. The lowest BCUT2D eigenvalue weighted by molar-refractivity contribution is 0.798. The Balaban J connectivity index is 2.34. The van der Waals surface area contributed by atoms with E-state index in [1.807, 2.05) is 37.3 Å². The summed E-state index contributed by atoms with van der Waals surface area (Å²) in [6, 6.07) is 3.80. The molecule has 2 aromatic rings. The van der Waals surface area contributed by atoms with Crippen molar-refractivity contribution in [3.63, 3.8) is 0 Å². The van der Waals surface area contributed by atoms with Crippen LogP contribution in [-0.4, -0.2) is 34.1 Å². The second-order valence-electron chi connectivity index (χ2n) is 3.13. The Morgan fingerprint density at radius 1 is 1.36 bits per heavy atom. The molecule has 2 aromatic heterocycles. The van der Waals surface area contributed by atoms with E-state index in [-0.39, 0.29) is 0 Å². The number of anilines is 1. The average Bonchev–Trinajstić information content (AvgIpc) is 2.68. The molecule has 0 radical (unpaired) electrons. The summed E-state index contributed by atoms with van der Waals surface area (Å²) in [5.74, 6) is 0.828. The first-order valence-electron chi connectivity index (χ1n) is 4.27. The van der Waals surface area contributed by atoms with Gasteiger partial charge in [-0.1, -0.05) is 5.21 Å². The molecule has 0 aliphatic carbocycles. The Morgan fingerprint density at radius 2 is 2.21 bits per heavy atom. The van der Waals surface area contributed by atoms with Gasteiger partial charge in [-0.2, -0.15) is 0 Å². The summed E-state index contributed by atoms with van der Waals surface area (Å²) in [6.07, 6.45) is 5.33. The van der Waals surface area contributed by atoms with Crippen LogP contribution in [0.5, 0.6) is 0 Å². The topological polar surface area (TPSA) is 46.8 Å². The second kappa shape index (κ2) is 3.45. The number of rotatable bonds is 2. The largest absolute Gasteiger partial charge is 0.360 e. The van der Waals surface area contributed by atoms with Gasteiger partial charge in [0.25, 0.3) is 0 Å². The molecule has 5 nitrogen and oxygen atoms in total. The SMILES string of the molecule is CN(C)c1cn(-c2cccnc2)nn1. The molecule has 0 aliphatic heterocycles. The molecule has 14 heavy (non-hydrogen) atoms. The fourth-order valence-electron chi connectivity index (χ4n) is 1.08. The van der Waals surface area contributed by atoms with E-state index in [0.717, 1.165) is 11.5 Å². The lowest BCUT2D eigenvalue weighted by Gasteiger charge is -2.04. The molecule has 0 N–H and O–H groups in total. The Hall–Kier alpha value is -1.91. The number of hydrogen-bond donors (Lipinski definition) is 0. The van der Waals surface area contributed by atoms with Crippen LogP contribution in [0.25, 0.3) is 5.69 Å². The highest BCUT2D eigenvalue weighted by Crippen LogP contribution is 2.08. The Labute approximate surface area is 82.0 Å². The number of nitrogens with zero attached hydrogens (tertiary/aromatic N) is 5. The molecule has 0 fully saturated rings. The van der Waals surface area contributed by atoms with Crippen LogP contribution in [0.3, 0.4) is 0 Å². The molecule has 5 heteroatoms. The van der Waals surface area contributed by atoms with Crippen LogP contribution in [0, 0.1) is 0 Å². The van der Waals surface area contributed by atoms with Crippen molar-refractivity contribution in [2.24, 2.45) is 0 Å². The van der Waals surface area contributed by atoms with Gasteiger partial charge >= 0.3 is 0 Å². The highest BCUT2D eigenvalue weighted by Gasteiger charge is 2.02. The van der Waals surface area contributed by atoms with Crippen LogP contribution in [0.1, 0.15) is 0 Å². The molecule has 0 unspecified atom stereocenters. The normalized spacial score (nSPS) is 10.1. The van der Waals surface area contributed by atoms with Crippen LogP contribution in [-0.2, 0) is 0 Å². The first-order chi connectivity index (χ1) is 6.77. The highest BCUT2D eigenvalue weighted by molar-refractivity contribution is 5.36. The maximum atomic E-state index is 4.01. The molecule has 2 heterocycles. The van der Waals surface area contributed by atoms with Crippen molar-refractivity contribution < 1.29 is 0 Å². The van der Waals surface area contributed by atoms with Gasteiger partial charge in [0.05, 0.1) is 18.1 Å². The predicted octanol–water partition coefficient (Wildman–Crippen LogP) is 0.728. The number of pyridine rings is 1. The molecule has 72 valence electrons. The highest BCUT2D eigenvalue weighted by atomic mass is 15.5. The second-order valence-corrected chi connectivity index (χ2v) is 3.13. The fourth-order valence-corrected chi connectivity index (χ4v) is 1.08. The number of hydrogen-bond acceptors (Lipinski definition) is 4. The maximum absolute atomic E-state index is 4.01. The molecule has 0 spiro atoms. The van der Waals surface area contributed by atoms with Crippen molar-refractivity contribution in [2.75, 3.05) is 19.0 Å². The summed E-state index contributed by atoms with van der Waals surface area (Å²) in [5.41, 5.74) is 0.910. The summed E-state index contributed by atoms with van der Waals surface area (Å²) in [7, 11) is 3.86. The van der Waals surface area contributed by atoms with E-state index in [4.69, 9.17) is 0 Å². The quantitative estimate of drug-likeness (QED) is 0.698. The van der Waals surface area contributed by atoms with Crippen LogP contribution in [0.2, 0.25) is 0 Å². The fraction of sp³-hybridized carbons (Fsp3) is 0.222. The van der Waals surface area contributed by atoms with Gasteiger partial charge in [-0.25, -0.2) is 4.68 Å². The van der Waals surface area contributed by atoms with E-state index in [9.17, 15) is 0 Å². The standard InChI is InChI=1S/C9H11N5/c1-13(2)9-7-14(12-11-9)8-4-3-5-10-6-8/h3-7H,1-2H3.